The number of rotatable bonds is 6. The highest BCUT2D eigenvalue weighted by molar-refractivity contribution is 6.33. The lowest BCUT2D eigenvalue weighted by atomic mass is 10.1. The minimum Gasteiger partial charge on any atom is -0.494 e. The predicted octanol–water partition coefficient (Wildman–Crippen LogP) is 3.91. The first-order chi connectivity index (χ1) is 13.1. The van der Waals surface area contributed by atoms with Gasteiger partial charge < -0.3 is 20.3 Å². The van der Waals surface area contributed by atoms with Crippen LogP contribution in [-0.4, -0.2) is 31.6 Å². The third-order valence-corrected chi connectivity index (χ3v) is 4.67. The van der Waals surface area contributed by atoms with Gasteiger partial charge >= 0.3 is 6.03 Å². The monoisotopic (exact) mass is 387 g/mol. The average molecular weight is 388 g/mol. The van der Waals surface area contributed by atoms with Gasteiger partial charge in [0.2, 0.25) is 5.91 Å². The fourth-order valence-corrected chi connectivity index (χ4v) is 3.21. The van der Waals surface area contributed by atoms with Crippen molar-refractivity contribution in [2.45, 2.75) is 13.3 Å². The summed E-state index contributed by atoms with van der Waals surface area (Å²) in [6.07, 6.45) is 0.402. The number of carbonyl (C=O) groups is 2. The molecule has 0 unspecified atom stereocenters. The van der Waals surface area contributed by atoms with Gasteiger partial charge in [0.15, 0.2) is 0 Å². The number of nitrogens with zero attached hydrogens (tertiary/aromatic N) is 1. The summed E-state index contributed by atoms with van der Waals surface area (Å²) in [4.78, 5) is 26.1. The Kier molecular flexibility index (Phi) is 6.19. The molecule has 1 fully saturated rings. The third-order valence-electron chi connectivity index (χ3n) is 4.34. The summed E-state index contributed by atoms with van der Waals surface area (Å²) in [5, 5.41) is 6.00. The van der Waals surface area contributed by atoms with Crippen molar-refractivity contribution >= 4 is 34.9 Å². The summed E-state index contributed by atoms with van der Waals surface area (Å²) in [5.41, 5.74) is 1.39. The van der Waals surface area contributed by atoms with Crippen LogP contribution in [0.2, 0.25) is 5.02 Å². The SMILES string of the molecule is CCOc1ccc(N2C[C@@H](CNC(=O)Nc3ccccc3Cl)CC2=O)cc1. The minimum atomic E-state index is -0.338. The van der Waals surface area contributed by atoms with E-state index in [-0.39, 0.29) is 17.9 Å². The number of halogens is 1. The molecule has 2 N–H and O–H groups in total. The molecule has 142 valence electrons. The Balaban J connectivity index is 1.51. The summed E-state index contributed by atoms with van der Waals surface area (Å²) in [6, 6.07) is 14.2. The highest BCUT2D eigenvalue weighted by Crippen LogP contribution is 2.26. The third kappa shape index (κ3) is 4.92. The van der Waals surface area contributed by atoms with E-state index in [9.17, 15) is 9.59 Å². The molecule has 2 aromatic rings. The molecule has 0 aliphatic carbocycles. The van der Waals surface area contributed by atoms with Crippen LogP contribution in [0.4, 0.5) is 16.2 Å². The molecule has 1 saturated heterocycles. The fraction of sp³-hybridized carbons (Fsp3) is 0.300. The fourth-order valence-electron chi connectivity index (χ4n) is 3.02. The summed E-state index contributed by atoms with van der Waals surface area (Å²) in [7, 11) is 0. The predicted molar refractivity (Wildman–Crippen MR) is 107 cm³/mol. The van der Waals surface area contributed by atoms with Gasteiger partial charge in [0.1, 0.15) is 5.75 Å². The van der Waals surface area contributed by atoms with Gasteiger partial charge in [0.05, 0.1) is 17.3 Å². The standard InChI is InChI=1S/C20H22ClN3O3/c1-2-27-16-9-7-15(8-10-16)24-13-14(11-19(24)25)12-22-20(26)23-18-6-4-3-5-17(18)21/h3-10,14H,2,11-13H2,1H3,(H2,22,23,26)/t14-/m1/s1. The number of hydrogen-bond acceptors (Lipinski definition) is 3. The van der Waals surface area contributed by atoms with E-state index in [0.717, 1.165) is 11.4 Å². The smallest absolute Gasteiger partial charge is 0.319 e. The van der Waals surface area contributed by atoms with Crippen LogP contribution in [0.3, 0.4) is 0 Å². The zero-order valence-electron chi connectivity index (χ0n) is 15.1. The Labute approximate surface area is 163 Å². The second-order valence-corrected chi connectivity index (χ2v) is 6.72. The van der Waals surface area contributed by atoms with Crippen molar-refractivity contribution in [1.82, 2.24) is 5.32 Å². The highest BCUT2D eigenvalue weighted by Gasteiger charge is 2.30. The number of carbonyl (C=O) groups excluding carboxylic acids is 2. The molecule has 6 nitrogen and oxygen atoms in total. The van der Waals surface area contributed by atoms with Gasteiger partial charge in [0, 0.05) is 31.1 Å². The van der Waals surface area contributed by atoms with Gasteiger partial charge in [-0.05, 0) is 43.3 Å². The molecular formula is C20H22ClN3O3. The lowest BCUT2D eigenvalue weighted by Crippen LogP contribution is -2.34. The molecule has 7 heteroatoms. The van der Waals surface area contributed by atoms with E-state index in [2.05, 4.69) is 10.6 Å². The number of anilines is 2. The number of para-hydroxylation sites is 1. The zero-order chi connectivity index (χ0) is 19.2. The van der Waals surface area contributed by atoms with Gasteiger partial charge in [-0.1, -0.05) is 23.7 Å². The van der Waals surface area contributed by atoms with Crippen molar-refractivity contribution in [3.05, 3.63) is 53.6 Å². The molecule has 0 spiro atoms. The Morgan fingerprint density at radius 1 is 1.22 bits per heavy atom. The molecule has 0 aromatic heterocycles. The summed E-state index contributed by atoms with van der Waals surface area (Å²) in [6.45, 7) is 3.51. The van der Waals surface area contributed by atoms with Crippen molar-refractivity contribution in [1.29, 1.82) is 0 Å². The van der Waals surface area contributed by atoms with E-state index in [0.29, 0.717) is 36.8 Å². The molecule has 1 atom stereocenters. The largest absolute Gasteiger partial charge is 0.494 e. The molecule has 1 aliphatic heterocycles. The summed E-state index contributed by atoms with van der Waals surface area (Å²) >= 11 is 6.03. The summed E-state index contributed by atoms with van der Waals surface area (Å²) in [5.74, 6) is 0.890. The normalized spacial score (nSPS) is 16.3. The van der Waals surface area contributed by atoms with Crippen LogP contribution in [0.25, 0.3) is 0 Å². The molecule has 0 radical (unpaired) electrons. The quantitative estimate of drug-likeness (QED) is 0.789. The van der Waals surface area contributed by atoms with Crippen molar-refractivity contribution in [3.63, 3.8) is 0 Å². The maximum atomic E-state index is 12.3. The number of amides is 3. The van der Waals surface area contributed by atoms with E-state index >= 15 is 0 Å². The van der Waals surface area contributed by atoms with Crippen LogP contribution in [0.15, 0.2) is 48.5 Å². The molecule has 1 aliphatic rings. The van der Waals surface area contributed by atoms with Crippen LogP contribution in [0.1, 0.15) is 13.3 Å². The highest BCUT2D eigenvalue weighted by atomic mass is 35.5. The van der Waals surface area contributed by atoms with Gasteiger partial charge in [-0.3, -0.25) is 4.79 Å². The number of hydrogen-bond donors (Lipinski definition) is 2. The molecule has 3 rings (SSSR count). The molecule has 0 bridgehead atoms. The van der Waals surface area contributed by atoms with E-state index < -0.39 is 0 Å². The van der Waals surface area contributed by atoms with Gasteiger partial charge in [-0.25, -0.2) is 4.79 Å². The molecule has 2 aromatic carbocycles. The van der Waals surface area contributed by atoms with Crippen LogP contribution in [0, 0.1) is 5.92 Å². The number of benzene rings is 2. The van der Waals surface area contributed by atoms with Crippen molar-refractivity contribution in [2.24, 2.45) is 5.92 Å². The first-order valence-corrected chi connectivity index (χ1v) is 9.27. The second-order valence-electron chi connectivity index (χ2n) is 6.32. The van der Waals surface area contributed by atoms with E-state index in [4.69, 9.17) is 16.3 Å². The maximum absolute atomic E-state index is 12.3. The van der Waals surface area contributed by atoms with E-state index in [1.54, 1.807) is 29.2 Å². The number of ether oxygens (including phenoxy) is 1. The molecule has 1 heterocycles. The Bertz CT molecular complexity index is 810. The summed E-state index contributed by atoms with van der Waals surface area (Å²) < 4.78 is 5.43. The van der Waals surface area contributed by atoms with E-state index in [1.807, 2.05) is 31.2 Å². The number of nitrogens with one attached hydrogen (secondary N) is 2. The van der Waals surface area contributed by atoms with Crippen LogP contribution in [0.5, 0.6) is 5.75 Å². The topological polar surface area (TPSA) is 70.7 Å². The Morgan fingerprint density at radius 2 is 1.96 bits per heavy atom. The minimum absolute atomic E-state index is 0.0532. The molecule has 27 heavy (non-hydrogen) atoms. The van der Waals surface area contributed by atoms with E-state index in [1.165, 1.54) is 0 Å². The second kappa shape index (κ2) is 8.77. The van der Waals surface area contributed by atoms with Crippen molar-refractivity contribution in [3.8, 4) is 5.75 Å². The van der Waals surface area contributed by atoms with Crippen LogP contribution >= 0.6 is 11.6 Å². The zero-order valence-corrected chi connectivity index (χ0v) is 15.8. The average Bonchev–Trinajstić information content (AvgIpc) is 3.04. The van der Waals surface area contributed by atoms with Gasteiger partial charge in [-0.15, -0.1) is 0 Å². The van der Waals surface area contributed by atoms with Crippen molar-refractivity contribution in [2.75, 3.05) is 29.9 Å². The Morgan fingerprint density at radius 3 is 2.67 bits per heavy atom. The van der Waals surface area contributed by atoms with Gasteiger partial charge in [-0.2, -0.15) is 0 Å². The van der Waals surface area contributed by atoms with Gasteiger partial charge in [0.25, 0.3) is 0 Å². The number of urea groups is 1. The van der Waals surface area contributed by atoms with Crippen LogP contribution < -0.4 is 20.3 Å². The lowest BCUT2D eigenvalue weighted by Gasteiger charge is -2.17. The van der Waals surface area contributed by atoms with Crippen LogP contribution in [-0.2, 0) is 4.79 Å². The molecular weight excluding hydrogens is 366 g/mol. The first kappa shape index (κ1) is 19.0. The molecule has 0 saturated carbocycles. The lowest BCUT2D eigenvalue weighted by molar-refractivity contribution is -0.117. The Hall–Kier alpha value is -2.73. The van der Waals surface area contributed by atoms with Crippen molar-refractivity contribution < 1.29 is 14.3 Å². The first-order valence-electron chi connectivity index (χ1n) is 8.89. The molecule has 3 amide bonds. The maximum Gasteiger partial charge on any atom is 0.319 e.